The van der Waals surface area contributed by atoms with Crippen molar-refractivity contribution in [1.29, 1.82) is 0 Å². The van der Waals surface area contributed by atoms with Crippen molar-refractivity contribution in [3.63, 3.8) is 0 Å². The predicted molar refractivity (Wildman–Crippen MR) is 51.1 cm³/mol. The number of benzene rings is 1. The first-order valence-electron chi connectivity index (χ1n) is 3.25. The van der Waals surface area contributed by atoms with Crippen molar-refractivity contribution in [2.75, 3.05) is 0 Å². The lowest BCUT2D eigenvalue weighted by Crippen LogP contribution is -1.69. The van der Waals surface area contributed by atoms with Gasteiger partial charge >= 0.3 is 0 Å². The molecule has 1 heterocycles. The molecular formula is C8H4BrFOS. The molecule has 1 N–H and O–H groups in total. The Morgan fingerprint density at radius 3 is 2.92 bits per heavy atom. The zero-order valence-corrected chi connectivity index (χ0v) is 8.25. The Hall–Kier alpha value is -0.610. The van der Waals surface area contributed by atoms with Gasteiger partial charge in [-0.15, -0.1) is 0 Å². The van der Waals surface area contributed by atoms with Crippen LogP contribution >= 0.6 is 27.3 Å². The monoisotopic (exact) mass is 246 g/mol. The number of rotatable bonds is 0. The molecule has 12 heavy (non-hydrogen) atoms. The maximum atomic E-state index is 13.1. The van der Waals surface area contributed by atoms with Crippen molar-refractivity contribution in [1.82, 2.24) is 0 Å². The molecule has 0 bridgehead atoms. The number of halogens is 2. The van der Waals surface area contributed by atoms with Gasteiger partial charge in [-0.1, -0.05) is 27.3 Å². The SMILES string of the molecule is Oc1sc2ccc(Br)cc2c1F. The van der Waals surface area contributed by atoms with Crippen molar-refractivity contribution in [2.45, 2.75) is 0 Å². The fourth-order valence-corrected chi connectivity index (χ4v) is 2.19. The van der Waals surface area contributed by atoms with E-state index in [0.29, 0.717) is 5.39 Å². The van der Waals surface area contributed by atoms with Crippen LogP contribution in [-0.4, -0.2) is 5.11 Å². The van der Waals surface area contributed by atoms with Crippen LogP contribution in [0.3, 0.4) is 0 Å². The quantitative estimate of drug-likeness (QED) is 0.755. The van der Waals surface area contributed by atoms with Crippen molar-refractivity contribution in [2.24, 2.45) is 0 Å². The van der Waals surface area contributed by atoms with E-state index in [9.17, 15) is 4.39 Å². The topological polar surface area (TPSA) is 20.2 Å². The van der Waals surface area contributed by atoms with E-state index in [1.807, 2.05) is 6.07 Å². The van der Waals surface area contributed by atoms with Crippen molar-refractivity contribution >= 4 is 37.4 Å². The summed E-state index contributed by atoms with van der Waals surface area (Å²) in [6.45, 7) is 0. The molecule has 0 aliphatic carbocycles. The summed E-state index contributed by atoms with van der Waals surface area (Å²) in [5, 5.41) is 9.28. The molecule has 0 atom stereocenters. The summed E-state index contributed by atoms with van der Waals surface area (Å²) in [6, 6.07) is 5.24. The Morgan fingerprint density at radius 2 is 2.17 bits per heavy atom. The summed E-state index contributed by atoms with van der Waals surface area (Å²) in [6.07, 6.45) is 0. The van der Waals surface area contributed by atoms with Crippen LogP contribution < -0.4 is 0 Å². The third-order valence-electron chi connectivity index (χ3n) is 1.57. The van der Waals surface area contributed by atoms with Gasteiger partial charge in [-0.05, 0) is 18.2 Å². The molecule has 4 heteroatoms. The standard InChI is InChI=1S/C8H4BrFOS/c9-4-1-2-6-5(3-4)7(10)8(11)12-6/h1-3,11H. The summed E-state index contributed by atoms with van der Waals surface area (Å²) < 4.78 is 14.6. The van der Waals surface area contributed by atoms with Gasteiger partial charge in [0, 0.05) is 14.6 Å². The molecule has 0 spiro atoms. The van der Waals surface area contributed by atoms with Gasteiger partial charge in [-0.3, -0.25) is 0 Å². The average molecular weight is 247 g/mol. The van der Waals surface area contributed by atoms with Crippen molar-refractivity contribution in [3.05, 3.63) is 28.5 Å². The van der Waals surface area contributed by atoms with Crippen LogP contribution in [0.1, 0.15) is 0 Å². The van der Waals surface area contributed by atoms with E-state index >= 15 is 0 Å². The van der Waals surface area contributed by atoms with E-state index in [1.165, 1.54) is 0 Å². The van der Waals surface area contributed by atoms with Crippen LogP contribution in [-0.2, 0) is 0 Å². The fourth-order valence-electron chi connectivity index (χ4n) is 1.03. The lowest BCUT2D eigenvalue weighted by Gasteiger charge is -1.89. The maximum Gasteiger partial charge on any atom is 0.209 e. The Bertz CT molecular complexity index is 438. The predicted octanol–water partition coefficient (Wildman–Crippen LogP) is 3.51. The lowest BCUT2D eigenvalue weighted by molar-refractivity contribution is 0.452. The van der Waals surface area contributed by atoms with E-state index in [-0.39, 0.29) is 5.06 Å². The third kappa shape index (κ3) is 1.11. The van der Waals surface area contributed by atoms with Gasteiger partial charge in [-0.2, -0.15) is 0 Å². The molecule has 2 aromatic rings. The minimum absolute atomic E-state index is 0.247. The van der Waals surface area contributed by atoms with Crippen LogP contribution in [0.5, 0.6) is 5.06 Å². The molecule has 0 aliphatic heterocycles. The number of hydrogen-bond acceptors (Lipinski definition) is 2. The molecule has 0 aliphatic rings. The summed E-state index contributed by atoms with van der Waals surface area (Å²) in [4.78, 5) is 0. The van der Waals surface area contributed by atoms with Crippen LogP contribution in [0, 0.1) is 5.82 Å². The second kappa shape index (κ2) is 2.71. The van der Waals surface area contributed by atoms with Gasteiger partial charge in [0.1, 0.15) is 0 Å². The van der Waals surface area contributed by atoms with Crippen LogP contribution in [0.2, 0.25) is 0 Å². The Balaban J connectivity index is 2.88. The highest BCUT2D eigenvalue weighted by atomic mass is 79.9. The molecule has 0 unspecified atom stereocenters. The van der Waals surface area contributed by atoms with Gasteiger partial charge in [0.2, 0.25) is 5.06 Å². The molecule has 1 aromatic carbocycles. The van der Waals surface area contributed by atoms with Gasteiger partial charge in [-0.25, -0.2) is 4.39 Å². The molecule has 1 aromatic heterocycles. The molecule has 0 amide bonds. The van der Waals surface area contributed by atoms with Crippen molar-refractivity contribution < 1.29 is 9.50 Å². The number of thiophene rings is 1. The Kier molecular flexibility index (Phi) is 1.81. The number of hydrogen-bond donors (Lipinski definition) is 1. The van der Waals surface area contributed by atoms with Gasteiger partial charge in [0.25, 0.3) is 0 Å². The smallest absolute Gasteiger partial charge is 0.209 e. The fraction of sp³-hybridized carbons (Fsp3) is 0. The van der Waals surface area contributed by atoms with E-state index in [4.69, 9.17) is 5.11 Å². The van der Waals surface area contributed by atoms with Crippen LogP contribution in [0.4, 0.5) is 4.39 Å². The summed E-state index contributed by atoms with van der Waals surface area (Å²) in [5.41, 5.74) is 0. The van der Waals surface area contributed by atoms with Gasteiger partial charge in [0.05, 0.1) is 0 Å². The molecule has 0 saturated carbocycles. The third-order valence-corrected chi connectivity index (χ3v) is 3.01. The number of fused-ring (bicyclic) bond motifs is 1. The normalized spacial score (nSPS) is 10.8. The van der Waals surface area contributed by atoms with E-state index in [1.54, 1.807) is 12.1 Å². The highest BCUT2D eigenvalue weighted by molar-refractivity contribution is 9.10. The molecular weight excluding hydrogens is 243 g/mol. The molecule has 2 rings (SSSR count). The molecule has 0 saturated heterocycles. The van der Waals surface area contributed by atoms with Crippen LogP contribution in [0.15, 0.2) is 22.7 Å². The number of aromatic hydroxyl groups is 1. The highest BCUT2D eigenvalue weighted by Gasteiger charge is 2.10. The molecule has 0 radical (unpaired) electrons. The van der Waals surface area contributed by atoms with E-state index in [0.717, 1.165) is 20.5 Å². The zero-order chi connectivity index (χ0) is 8.72. The first-order chi connectivity index (χ1) is 5.68. The minimum Gasteiger partial charge on any atom is -0.497 e. The first-order valence-corrected chi connectivity index (χ1v) is 4.86. The first kappa shape index (κ1) is 8.01. The summed E-state index contributed by atoms with van der Waals surface area (Å²) in [5.74, 6) is -0.531. The average Bonchev–Trinajstić information content (AvgIpc) is 2.31. The highest BCUT2D eigenvalue weighted by Crippen LogP contribution is 2.36. The Morgan fingerprint density at radius 1 is 1.42 bits per heavy atom. The second-order valence-corrected chi connectivity index (χ2v) is 4.31. The van der Waals surface area contributed by atoms with E-state index < -0.39 is 5.82 Å². The van der Waals surface area contributed by atoms with Gasteiger partial charge < -0.3 is 5.11 Å². The minimum atomic E-state index is -0.531. The molecule has 62 valence electrons. The lowest BCUT2D eigenvalue weighted by atomic mass is 10.2. The van der Waals surface area contributed by atoms with Crippen molar-refractivity contribution in [3.8, 4) is 5.06 Å². The van der Waals surface area contributed by atoms with Crippen LogP contribution in [0.25, 0.3) is 10.1 Å². The second-order valence-electron chi connectivity index (χ2n) is 2.36. The summed E-state index contributed by atoms with van der Waals surface area (Å²) in [7, 11) is 0. The van der Waals surface area contributed by atoms with Gasteiger partial charge in [0.15, 0.2) is 5.82 Å². The Labute approximate surface area is 80.6 Å². The molecule has 0 fully saturated rings. The maximum absolute atomic E-state index is 13.1. The summed E-state index contributed by atoms with van der Waals surface area (Å²) >= 11 is 4.28. The largest absolute Gasteiger partial charge is 0.497 e. The zero-order valence-electron chi connectivity index (χ0n) is 5.84. The van der Waals surface area contributed by atoms with E-state index in [2.05, 4.69) is 15.9 Å². The molecule has 1 nitrogen and oxygen atoms in total.